The van der Waals surface area contributed by atoms with Crippen LogP contribution >= 0.6 is 23.2 Å². The number of anilines is 1. The van der Waals surface area contributed by atoms with Crippen LogP contribution in [-0.2, 0) is 11.3 Å². The van der Waals surface area contributed by atoms with E-state index in [1.807, 2.05) is 37.3 Å². The normalized spacial score (nSPS) is 10.8. The average molecular weight is 444 g/mol. The molecule has 3 aromatic rings. The van der Waals surface area contributed by atoms with Gasteiger partial charge in [0.25, 0.3) is 5.91 Å². The second-order valence-corrected chi connectivity index (χ2v) is 7.10. The van der Waals surface area contributed by atoms with Gasteiger partial charge in [0.1, 0.15) is 0 Å². The zero-order valence-corrected chi connectivity index (χ0v) is 17.6. The molecule has 2 aromatic carbocycles. The summed E-state index contributed by atoms with van der Waals surface area (Å²) in [7, 11) is 0. The van der Waals surface area contributed by atoms with E-state index in [0.29, 0.717) is 33.8 Å². The SMILES string of the molecule is Cc1cc(OCC(=O)NN=Cc2ccc(Cl)cc2Cl)nc(NCc2ccccc2)n1. The van der Waals surface area contributed by atoms with Crippen molar-refractivity contribution in [3.05, 3.63) is 81.5 Å². The highest BCUT2D eigenvalue weighted by Gasteiger charge is 2.07. The first-order chi connectivity index (χ1) is 14.5. The number of amides is 1. The molecule has 30 heavy (non-hydrogen) atoms. The van der Waals surface area contributed by atoms with Gasteiger partial charge in [0.2, 0.25) is 11.8 Å². The van der Waals surface area contributed by atoms with E-state index in [1.54, 1.807) is 24.3 Å². The Kier molecular flexibility index (Phi) is 7.59. The molecule has 0 aliphatic heterocycles. The molecule has 0 aliphatic rings. The number of ether oxygens (including phenoxy) is 1. The van der Waals surface area contributed by atoms with E-state index in [-0.39, 0.29) is 12.5 Å². The van der Waals surface area contributed by atoms with Crippen LogP contribution in [0.15, 0.2) is 59.7 Å². The molecule has 0 unspecified atom stereocenters. The molecular formula is C21H19Cl2N5O2. The van der Waals surface area contributed by atoms with Crippen LogP contribution in [0.2, 0.25) is 10.0 Å². The molecular weight excluding hydrogens is 425 g/mol. The molecule has 7 nitrogen and oxygen atoms in total. The lowest BCUT2D eigenvalue weighted by molar-refractivity contribution is -0.123. The van der Waals surface area contributed by atoms with Crippen molar-refractivity contribution in [2.24, 2.45) is 5.10 Å². The van der Waals surface area contributed by atoms with Gasteiger partial charge in [-0.1, -0.05) is 59.6 Å². The van der Waals surface area contributed by atoms with Gasteiger partial charge >= 0.3 is 0 Å². The van der Waals surface area contributed by atoms with Crippen LogP contribution in [0.4, 0.5) is 5.95 Å². The maximum absolute atomic E-state index is 12.0. The number of aromatic nitrogens is 2. The highest BCUT2D eigenvalue weighted by atomic mass is 35.5. The fraction of sp³-hybridized carbons (Fsp3) is 0.143. The van der Waals surface area contributed by atoms with Crippen LogP contribution < -0.4 is 15.5 Å². The summed E-state index contributed by atoms with van der Waals surface area (Å²) in [5.41, 5.74) is 4.82. The summed E-state index contributed by atoms with van der Waals surface area (Å²) in [5, 5.41) is 7.96. The minimum Gasteiger partial charge on any atom is -0.467 e. The second-order valence-electron chi connectivity index (χ2n) is 6.26. The van der Waals surface area contributed by atoms with Gasteiger partial charge in [0.05, 0.1) is 11.2 Å². The Morgan fingerprint density at radius 2 is 1.93 bits per heavy atom. The number of halogens is 2. The maximum Gasteiger partial charge on any atom is 0.278 e. The van der Waals surface area contributed by atoms with E-state index >= 15 is 0 Å². The van der Waals surface area contributed by atoms with Crippen molar-refractivity contribution < 1.29 is 9.53 Å². The molecule has 0 saturated heterocycles. The largest absolute Gasteiger partial charge is 0.467 e. The molecule has 0 bridgehead atoms. The highest BCUT2D eigenvalue weighted by Crippen LogP contribution is 2.19. The van der Waals surface area contributed by atoms with Gasteiger partial charge in [0.15, 0.2) is 6.61 Å². The summed E-state index contributed by atoms with van der Waals surface area (Å²) >= 11 is 11.9. The summed E-state index contributed by atoms with van der Waals surface area (Å²) in [6.07, 6.45) is 1.43. The number of hydrogen-bond acceptors (Lipinski definition) is 6. The summed E-state index contributed by atoms with van der Waals surface area (Å²) in [5.74, 6) is 0.272. The third-order valence-corrected chi connectivity index (χ3v) is 4.39. The average Bonchev–Trinajstić information content (AvgIpc) is 2.73. The number of benzene rings is 2. The maximum atomic E-state index is 12.0. The van der Waals surface area contributed by atoms with Gasteiger partial charge in [-0.2, -0.15) is 10.1 Å². The highest BCUT2D eigenvalue weighted by molar-refractivity contribution is 6.36. The first kappa shape index (κ1) is 21.5. The van der Waals surface area contributed by atoms with E-state index < -0.39 is 5.91 Å². The van der Waals surface area contributed by atoms with Crippen molar-refractivity contribution in [2.45, 2.75) is 13.5 Å². The third kappa shape index (κ3) is 6.72. The van der Waals surface area contributed by atoms with Crippen molar-refractivity contribution in [3.8, 4) is 5.88 Å². The molecule has 0 atom stereocenters. The van der Waals surface area contributed by atoms with Gasteiger partial charge in [0, 0.05) is 28.9 Å². The van der Waals surface area contributed by atoms with Gasteiger partial charge < -0.3 is 10.1 Å². The zero-order valence-electron chi connectivity index (χ0n) is 16.1. The molecule has 0 spiro atoms. The van der Waals surface area contributed by atoms with E-state index in [0.717, 1.165) is 5.56 Å². The molecule has 3 rings (SSSR count). The van der Waals surface area contributed by atoms with Crippen LogP contribution in [0.25, 0.3) is 0 Å². The first-order valence-electron chi connectivity index (χ1n) is 9.03. The summed E-state index contributed by atoms with van der Waals surface area (Å²) in [6, 6.07) is 16.5. The third-order valence-electron chi connectivity index (χ3n) is 3.83. The molecule has 1 aromatic heterocycles. The Balaban J connectivity index is 1.51. The zero-order chi connectivity index (χ0) is 21.3. The monoisotopic (exact) mass is 443 g/mol. The Labute approximate surface area is 184 Å². The standard InChI is InChI=1S/C21H19Cl2N5O2/c1-14-9-20(27-21(26-14)24-11-15-5-3-2-4-6-15)30-13-19(29)28-25-12-16-7-8-17(22)10-18(16)23/h2-10,12H,11,13H2,1H3,(H,28,29)(H,24,26,27). The Bertz CT molecular complexity index is 1040. The number of aryl methyl sites for hydroxylation is 1. The van der Waals surface area contributed by atoms with Crippen molar-refractivity contribution in [2.75, 3.05) is 11.9 Å². The number of hydrogen-bond donors (Lipinski definition) is 2. The smallest absolute Gasteiger partial charge is 0.278 e. The van der Waals surface area contributed by atoms with Crippen molar-refractivity contribution in [1.29, 1.82) is 0 Å². The molecule has 1 heterocycles. The molecule has 0 saturated carbocycles. The minimum atomic E-state index is -0.439. The minimum absolute atomic E-state index is 0.250. The number of nitrogens with zero attached hydrogens (tertiary/aromatic N) is 3. The van der Waals surface area contributed by atoms with Crippen molar-refractivity contribution in [3.63, 3.8) is 0 Å². The van der Waals surface area contributed by atoms with Crippen molar-refractivity contribution >= 4 is 41.3 Å². The fourth-order valence-electron chi connectivity index (χ4n) is 2.42. The summed E-state index contributed by atoms with van der Waals surface area (Å²) in [6.45, 7) is 2.15. The van der Waals surface area contributed by atoms with Crippen molar-refractivity contribution in [1.82, 2.24) is 15.4 Å². The molecule has 1 amide bonds. The predicted molar refractivity (Wildman–Crippen MR) is 118 cm³/mol. The van der Waals surface area contributed by atoms with Gasteiger partial charge in [-0.05, 0) is 24.6 Å². The number of rotatable bonds is 8. The van der Waals surface area contributed by atoms with E-state index in [4.69, 9.17) is 27.9 Å². The molecule has 2 N–H and O–H groups in total. The van der Waals surface area contributed by atoms with Crippen LogP contribution in [-0.4, -0.2) is 28.7 Å². The first-order valence-corrected chi connectivity index (χ1v) is 9.78. The predicted octanol–water partition coefficient (Wildman–Crippen LogP) is 4.23. The number of carbonyl (C=O) groups is 1. The Morgan fingerprint density at radius 1 is 1.13 bits per heavy atom. The lowest BCUT2D eigenvalue weighted by atomic mass is 10.2. The quantitative estimate of drug-likeness (QED) is 0.401. The topological polar surface area (TPSA) is 88.5 Å². The molecule has 9 heteroatoms. The van der Waals surface area contributed by atoms with E-state index in [2.05, 4.69) is 25.8 Å². The Morgan fingerprint density at radius 3 is 2.70 bits per heavy atom. The van der Waals surface area contributed by atoms with Crippen LogP contribution in [0, 0.1) is 6.92 Å². The van der Waals surface area contributed by atoms with E-state index in [1.165, 1.54) is 6.21 Å². The van der Waals surface area contributed by atoms with Gasteiger partial charge in [-0.15, -0.1) is 0 Å². The summed E-state index contributed by atoms with van der Waals surface area (Å²) < 4.78 is 5.46. The molecule has 154 valence electrons. The second kappa shape index (κ2) is 10.6. The summed E-state index contributed by atoms with van der Waals surface area (Å²) in [4.78, 5) is 20.6. The number of carbonyl (C=O) groups excluding carboxylic acids is 1. The van der Waals surface area contributed by atoms with Gasteiger partial charge in [-0.3, -0.25) is 4.79 Å². The van der Waals surface area contributed by atoms with E-state index in [9.17, 15) is 4.79 Å². The lowest BCUT2D eigenvalue weighted by Gasteiger charge is -2.09. The Hall–Kier alpha value is -3.16. The molecule has 0 aliphatic carbocycles. The number of nitrogens with one attached hydrogen (secondary N) is 2. The van der Waals surface area contributed by atoms with Crippen LogP contribution in [0.1, 0.15) is 16.8 Å². The lowest BCUT2D eigenvalue weighted by Crippen LogP contribution is -2.25. The molecule has 0 radical (unpaired) electrons. The van der Waals surface area contributed by atoms with Gasteiger partial charge in [-0.25, -0.2) is 10.4 Å². The molecule has 0 fully saturated rings. The fourth-order valence-corrected chi connectivity index (χ4v) is 2.88. The van der Waals surface area contributed by atoms with Crippen LogP contribution in [0.3, 0.4) is 0 Å². The number of hydrazone groups is 1. The van der Waals surface area contributed by atoms with Crippen LogP contribution in [0.5, 0.6) is 5.88 Å².